The summed E-state index contributed by atoms with van der Waals surface area (Å²) in [6.45, 7) is 0. The standard InChI is InChI=1S/C15H22N2O2.ClH/c1-19-14-9-5-4-8-13(14)17-15(18)10-11-6-2-3-7-12(11)16;/h4-5,8-9,11-12H,2-3,6-7,10,16H2,1H3,(H,17,18);1H. The van der Waals surface area contributed by atoms with Gasteiger partial charge in [0.25, 0.3) is 0 Å². The number of rotatable bonds is 4. The maximum absolute atomic E-state index is 12.1. The van der Waals surface area contributed by atoms with E-state index in [-0.39, 0.29) is 24.4 Å². The van der Waals surface area contributed by atoms with Gasteiger partial charge in [0, 0.05) is 12.5 Å². The lowest BCUT2D eigenvalue weighted by molar-refractivity contribution is -0.117. The van der Waals surface area contributed by atoms with Crippen LogP contribution < -0.4 is 15.8 Å². The van der Waals surface area contributed by atoms with Crippen molar-refractivity contribution in [3.05, 3.63) is 24.3 Å². The smallest absolute Gasteiger partial charge is 0.224 e. The van der Waals surface area contributed by atoms with Crippen LogP contribution >= 0.6 is 12.4 Å². The molecule has 2 rings (SSSR count). The summed E-state index contributed by atoms with van der Waals surface area (Å²) in [5, 5.41) is 2.91. The monoisotopic (exact) mass is 298 g/mol. The molecule has 1 aliphatic carbocycles. The Balaban J connectivity index is 0.00000200. The molecule has 1 aliphatic rings. The number of nitrogens with two attached hydrogens (primary N) is 1. The summed E-state index contributed by atoms with van der Waals surface area (Å²) in [5.74, 6) is 1.01. The Morgan fingerprint density at radius 3 is 2.75 bits per heavy atom. The van der Waals surface area contributed by atoms with Gasteiger partial charge in [0.15, 0.2) is 0 Å². The van der Waals surface area contributed by atoms with E-state index < -0.39 is 0 Å². The number of ether oxygens (including phenoxy) is 1. The molecular weight excluding hydrogens is 276 g/mol. The molecule has 0 radical (unpaired) electrons. The lowest BCUT2D eigenvalue weighted by atomic mass is 9.83. The van der Waals surface area contributed by atoms with Crippen molar-refractivity contribution in [2.45, 2.75) is 38.1 Å². The number of hydrogen-bond acceptors (Lipinski definition) is 3. The first kappa shape index (κ1) is 16.8. The minimum absolute atomic E-state index is 0. The lowest BCUT2D eigenvalue weighted by Gasteiger charge is -2.28. The minimum atomic E-state index is 0. The molecule has 112 valence electrons. The molecule has 0 aliphatic heterocycles. The predicted molar refractivity (Wildman–Crippen MR) is 83.4 cm³/mol. The van der Waals surface area contributed by atoms with E-state index in [0.29, 0.717) is 18.1 Å². The molecule has 1 saturated carbocycles. The molecule has 1 amide bonds. The van der Waals surface area contributed by atoms with E-state index >= 15 is 0 Å². The fraction of sp³-hybridized carbons (Fsp3) is 0.533. The van der Waals surface area contributed by atoms with Crippen LogP contribution in [0.5, 0.6) is 5.75 Å². The number of methoxy groups -OCH3 is 1. The van der Waals surface area contributed by atoms with E-state index in [1.54, 1.807) is 7.11 Å². The molecule has 0 bridgehead atoms. The predicted octanol–water partition coefficient (Wildman–Crippen LogP) is 2.96. The number of anilines is 1. The first-order valence-corrected chi connectivity index (χ1v) is 6.89. The summed E-state index contributed by atoms with van der Waals surface area (Å²) >= 11 is 0. The summed E-state index contributed by atoms with van der Waals surface area (Å²) in [5.41, 5.74) is 6.79. The van der Waals surface area contributed by atoms with Crippen LogP contribution in [0.15, 0.2) is 24.3 Å². The Hall–Kier alpha value is -1.26. The molecule has 0 aromatic heterocycles. The Kier molecular flexibility index (Phi) is 6.82. The van der Waals surface area contributed by atoms with Crippen molar-refractivity contribution in [1.29, 1.82) is 0 Å². The van der Waals surface area contributed by atoms with Gasteiger partial charge >= 0.3 is 0 Å². The zero-order valence-corrected chi connectivity index (χ0v) is 12.6. The SMILES string of the molecule is COc1ccccc1NC(=O)CC1CCCCC1N.Cl. The van der Waals surface area contributed by atoms with Gasteiger partial charge in [-0.15, -0.1) is 12.4 Å². The van der Waals surface area contributed by atoms with Crippen molar-refractivity contribution < 1.29 is 9.53 Å². The molecule has 2 atom stereocenters. The van der Waals surface area contributed by atoms with Crippen LogP contribution in [0.4, 0.5) is 5.69 Å². The maximum atomic E-state index is 12.1. The number of benzene rings is 1. The van der Waals surface area contributed by atoms with Crippen LogP contribution in [0.1, 0.15) is 32.1 Å². The van der Waals surface area contributed by atoms with Crippen LogP contribution in [0, 0.1) is 5.92 Å². The second-order valence-electron chi connectivity index (χ2n) is 5.16. The fourth-order valence-corrected chi connectivity index (χ4v) is 2.68. The largest absolute Gasteiger partial charge is 0.495 e. The second kappa shape index (κ2) is 8.12. The van der Waals surface area contributed by atoms with Gasteiger partial charge in [-0.3, -0.25) is 4.79 Å². The second-order valence-corrected chi connectivity index (χ2v) is 5.16. The van der Waals surface area contributed by atoms with Gasteiger partial charge in [0.2, 0.25) is 5.91 Å². The van der Waals surface area contributed by atoms with Crippen molar-refractivity contribution >= 4 is 24.0 Å². The Morgan fingerprint density at radius 2 is 2.05 bits per heavy atom. The number of halogens is 1. The van der Waals surface area contributed by atoms with Crippen molar-refractivity contribution in [1.82, 2.24) is 0 Å². The molecule has 1 fully saturated rings. The van der Waals surface area contributed by atoms with Gasteiger partial charge in [0.05, 0.1) is 12.8 Å². The third kappa shape index (κ3) is 4.39. The van der Waals surface area contributed by atoms with Gasteiger partial charge in [-0.2, -0.15) is 0 Å². The van der Waals surface area contributed by atoms with Crippen LogP contribution in [-0.4, -0.2) is 19.1 Å². The first-order chi connectivity index (χ1) is 9.20. The van der Waals surface area contributed by atoms with Crippen molar-refractivity contribution in [3.8, 4) is 5.75 Å². The topological polar surface area (TPSA) is 64.3 Å². The van der Waals surface area contributed by atoms with Gasteiger partial charge in [-0.05, 0) is 30.9 Å². The third-order valence-electron chi connectivity index (χ3n) is 3.80. The Bertz CT molecular complexity index is 440. The number of amides is 1. The highest BCUT2D eigenvalue weighted by Crippen LogP contribution is 2.27. The molecule has 0 heterocycles. The average molecular weight is 299 g/mol. The molecule has 1 aromatic rings. The number of nitrogens with one attached hydrogen (secondary N) is 1. The van der Waals surface area contributed by atoms with E-state index in [1.807, 2.05) is 24.3 Å². The lowest BCUT2D eigenvalue weighted by Crippen LogP contribution is -2.35. The number of carbonyl (C=O) groups is 1. The Morgan fingerprint density at radius 1 is 1.35 bits per heavy atom. The average Bonchev–Trinajstić information content (AvgIpc) is 2.42. The first-order valence-electron chi connectivity index (χ1n) is 6.89. The van der Waals surface area contributed by atoms with Gasteiger partial charge in [-0.25, -0.2) is 0 Å². The van der Waals surface area contributed by atoms with E-state index in [0.717, 1.165) is 18.5 Å². The third-order valence-corrected chi connectivity index (χ3v) is 3.80. The normalized spacial score (nSPS) is 21.7. The highest BCUT2D eigenvalue weighted by molar-refractivity contribution is 5.92. The summed E-state index contributed by atoms with van der Waals surface area (Å²) in [6, 6.07) is 7.60. The molecule has 0 saturated heterocycles. The molecule has 1 aromatic carbocycles. The molecular formula is C15H23ClN2O2. The van der Waals surface area contributed by atoms with Crippen molar-refractivity contribution in [3.63, 3.8) is 0 Å². The molecule has 4 nitrogen and oxygen atoms in total. The van der Waals surface area contributed by atoms with Gasteiger partial charge in [-0.1, -0.05) is 25.0 Å². The molecule has 0 spiro atoms. The van der Waals surface area contributed by atoms with Crippen LogP contribution in [-0.2, 0) is 4.79 Å². The summed E-state index contributed by atoms with van der Waals surface area (Å²) in [7, 11) is 1.60. The molecule has 3 N–H and O–H groups in total. The maximum Gasteiger partial charge on any atom is 0.224 e. The van der Waals surface area contributed by atoms with Crippen molar-refractivity contribution in [2.24, 2.45) is 11.7 Å². The summed E-state index contributed by atoms with van der Waals surface area (Å²) in [6.07, 6.45) is 4.96. The van der Waals surface area contributed by atoms with E-state index in [4.69, 9.17) is 10.5 Å². The van der Waals surface area contributed by atoms with Crippen LogP contribution in [0.3, 0.4) is 0 Å². The fourth-order valence-electron chi connectivity index (χ4n) is 2.68. The summed E-state index contributed by atoms with van der Waals surface area (Å²) in [4.78, 5) is 12.1. The summed E-state index contributed by atoms with van der Waals surface area (Å²) < 4.78 is 5.22. The number of hydrogen-bond donors (Lipinski definition) is 2. The van der Waals surface area contributed by atoms with Gasteiger partial charge < -0.3 is 15.8 Å². The highest BCUT2D eigenvalue weighted by atomic mass is 35.5. The Labute approximate surface area is 126 Å². The van der Waals surface area contributed by atoms with Crippen LogP contribution in [0.25, 0.3) is 0 Å². The molecule has 2 unspecified atom stereocenters. The van der Waals surface area contributed by atoms with Crippen molar-refractivity contribution in [2.75, 3.05) is 12.4 Å². The number of para-hydroxylation sites is 2. The molecule has 20 heavy (non-hydrogen) atoms. The zero-order chi connectivity index (χ0) is 13.7. The van der Waals surface area contributed by atoms with Crippen LogP contribution in [0.2, 0.25) is 0 Å². The zero-order valence-electron chi connectivity index (χ0n) is 11.8. The van der Waals surface area contributed by atoms with Gasteiger partial charge in [0.1, 0.15) is 5.75 Å². The molecule has 5 heteroatoms. The van der Waals surface area contributed by atoms with E-state index in [9.17, 15) is 4.79 Å². The highest BCUT2D eigenvalue weighted by Gasteiger charge is 2.24. The number of carbonyl (C=O) groups excluding carboxylic acids is 1. The van der Waals surface area contributed by atoms with E-state index in [2.05, 4.69) is 5.32 Å². The van der Waals surface area contributed by atoms with E-state index in [1.165, 1.54) is 12.8 Å². The minimum Gasteiger partial charge on any atom is -0.495 e. The quantitative estimate of drug-likeness (QED) is 0.898.